The van der Waals surface area contributed by atoms with Crippen molar-refractivity contribution in [1.82, 2.24) is 0 Å². The lowest BCUT2D eigenvalue weighted by atomic mass is 10.2. The predicted octanol–water partition coefficient (Wildman–Crippen LogP) is 1.93. The molecule has 0 aromatic heterocycles. The molecule has 0 fully saturated rings. The van der Waals surface area contributed by atoms with E-state index in [9.17, 15) is 0 Å². The second-order valence-electron chi connectivity index (χ2n) is 2.50. The number of rotatable bonds is 0. The molecule has 3 nitrogen and oxygen atoms in total. The lowest BCUT2D eigenvalue weighted by Gasteiger charge is -1.90. The largest absolute Gasteiger partial charge is 0.465 e. The highest BCUT2D eigenvalue weighted by Crippen LogP contribution is 2.00. The highest BCUT2D eigenvalue weighted by Gasteiger charge is 1.80. The van der Waals surface area contributed by atoms with Crippen LogP contribution in [0.2, 0.25) is 0 Å². The Morgan fingerprint density at radius 3 is 1.83 bits per heavy atom. The summed E-state index contributed by atoms with van der Waals surface area (Å²) in [6, 6.07) is 8.45. The Bertz CT molecular complexity index is 237. The molecule has 1 aromatic carbocycles. The standard InChI is InChI=1S/C8H10.CH3NO2/c1-7-4-3-5-8(2)6-7;2-1(3)4/h3-6H,1-2H3;2H2,(H,3,4). The van der Waals surface area contributed by atoms with Crippen LogP contribution < -0.4 is 5.73 Å². The molecule has 0 atom stereocenters. The molecular weight excluding hydrogens is 154 g/mol. The number of amides is 1. The summed E-state index contributed by atoms with van der Waals surface area (Å²) in [5, 5.41) is 7.19. The van der Waals surface area contributed by atoms with Crippen LogP contribution >= 0.6 is 0 Å². The van der Waals surface area contributed by atoms with Gasteiger partial charge in [-0.15, -0.1) is 0 Å². The molecule has 0 aliphatic carbocycles. The molecular formula is C9H13NO2. The average molecular weight is 167 g/mol. The second kappa shape index (κ2) is 5.18. The van der Waals surface area contributed by atoms with Crippen LogP contribution in [0.5, 0.6) is 0 Å². The monoisotopic (exact) mass is 167 g/mol. The van der Waals surface area contributed by atoms with Crippen molar-refractivity contribution in [2.24, 2.45) is 5.73 Å². The molecule has 3 N–H and O–H groups in total. The van der Waals surface area contributed by atoms with Gasteiger partial charge in [-0.05, 0) is 13.8 Å². The molecule has 0 heterocycles. The van der Waals surface area contributed by atoms with Crippen LogP contribution in [0.4, 0.5) is 4.79 Å². The van der Waals surface area contributed by atoms with Crippen molar-refractivity contribution in [2.45, 2.75) is 13.8 Å². The van der Waals surface area contributed by atoms with Crippen molar-refractivity contribution in [1.29, 1.82) is 0 Å². The minimum atomic E-state index is -1.33. The van der Waals surface area contributed by atoms with Crippen LogP contribution in [-0.4, -0.2) is 11.2 Å². The summed E-state index contributed by atoms with van der Waals surface area (Å²) >= 11 is 0. The van der Waals surface area contributed by atoms with Gasteiger partial charge >= 0.3 is 6.09 Å². The SMILES string of the molecule is Cc1cccc(C)c1.NC(=O)O. The molecule has 0 radical (unpaired) electrons. The van der Waals surface area contributed by atoms with E-state index in [2.05, 4.69) is 43.8 Å². The third kappa shape index (κ3) is 6.61. The normalized spacial score (nSPS) is 8.17. The lowest BCUT2D eigenvalue weighted by molar-refractivity contribution is 0.205. The van der Waals surface area contributed by atoms with Gasteiger partial charge < -0.3 is 10.8 Å². The van der Waals surface area contributed by atoms with Gasteiger partial charge in [0, 0.05) is 0 Å². The van der Waals surface area contributed by atoms with Gasteiger partial charge in [-0.1, -0.05) is 35.4 Å². The Morgan fingerprint density at radius 1 is 1.33 bits per heavy atom. The summed E-state index contributed by atoms with van der Waals surface area (Å²) in [6.07, 6.45) is -1.33. The van der Waals surface area contributed by atoms with Crippen LogP contribution in [-0.2, 0) is 0 Å². The van der Waals surface area contributed by atoms with E-state index in [0.29, 0.717) is 0 Å². The van der Waals surface area contributed by atoms with Crippen molar-refractivity contribution in [3.63, 3.8) is 0 Å². The number of primary amides is 1. The number of hydrogen-bond acceptors (Lipinski definition) is 1. The molecule has 0 saturated carbocycles. The number of benzene rings is 1. The lowest BCUT2D eigenvalue weighted by Crippen LogP contribution is -2.03. The highest BCUT2D eigenvalue weighted by molar-refractivity contribution is 5.61. The van der Waals surface area contributed by atoms with Gasteiger partial charge in [-0.3, -0.25) is 0 Å². The Morgan fingerprint density at radius 2 is 1.67 bits per heavy atom. The first-order valence-corrected chi connectivity index (χ1v) is 3.54. The smallest absolute Gasteiger partial charge is 0.402 e. The maximum Gasteiger partial charge on any atom is 0.402 e. The van der Waals surface area contributed by atoms with Crippen molar-refractivity contribution < 1.29 is 9.90 Å². The molecule has 0 bridgehead atoms. The zero-order valence-corrected chi connectivity index (χ0v) is 7.24. The van der Waals surface area contributed by atoms with Gasteiger partial charge in [-0.25, -0.2) is 4.79 Å². The molecule has 0 unspecified atom stereocenters. The molecule has 1 rings (SSSR count). The number of nitrogens with two attached hydrogens (primary N) is 1. The van der Waals surface area contributed by atoms with Crippen molar-refractivity contribution >= 4 is 6.09 Å². The molecule has 0 aliphatic rings. The molecule has 0 aliphatic heterocycles. The van der Waals surface area contributed by atoms with E-state index in [1.165, 1.54) is 11.1 Å². The second-order valence-corrected chi connectivity index (χ2v) is 2.50. The van der Waals surface area contributed by atoms with Gasteiger partial charge in [0.2, 0.25) is 0 Å². The maximum absolute atomic E-state index is 8.78. The van der Waals surface area contributed by atoms with Crippen LogP contribution in [0.3, 0.4) is 0 Å². The van der Waals surface area contributed by atoms with E-state index in [1.807, 2.05) is 0 Å². The van der Waals surface area contributed by atoms with E-state index >= 15 is 0 Å². The predicted molar refractivity (Wildman–Crippen MR) is 48.1 cm³/mol. The Hall–Kier alpha value is -1.51. The fraction of sp³-hybridized carbons (Fsp3) is 0.222. The van der Waals surface area contributed by atoms with E-state index in [0.717, 1.165) is 0 Å². The number of hydrogen-bond donors (Lipinski definition) is 2. The quantitative estimate of drug-likeness (QED) is 0.620. The van der Waals surface area contributed by atoms with Crippen molar-refractivity contribution in [2.75, 3.05) is 0 Å². The van der Waals surface area contributed by atoms with Gasteiger partial charge in [0.15, 0.2) is 0 Å². The first-order chi connectivity index (χ1) is 5.52. The number of carboxylic acid groups (broad SMARTS) is 1. The van der Waals surface area contributed by atoms with Gasteiger partial charge in [-0.2, -0.15) is 0 Å². The van der Waals surface area contributed by atoms with Crippen molar-refractivity contribution in [3.05, 3.63) is 35.4 Å². The molecule has 0 spiro atoms. The van der Waals surface area contributed by atoms with E-state index in [-0.39, 0.29) is 0 Å². The van der Waals surface area contributed by atoms with Crippen LogP contribution in [0, 0.1) is 13.8 Å². The number of aryl methyl sites for hydroxylation is 2. The highest BCUT2D eigenvalue weighted by atomic mass is 16.4. The average Bonchev–Trinajstić information content (AvgIpc) is 1.84. The molecule has 12 heavy (non-hydrogen) atoms. The minimum absolute atomic E-state index is 1.33. The van der Waals surface area contributed by atoms with Gasteiger partial charge in [0.25, 0.3) is 0 Å². The fourth-order valence-corrected chi connectivity index (χ4v) is 0.807. The van der Waals surface area contributed by atoms with Crippen molar-refractivity contribution in [3.8, 4) is 0 Å². The van der Waals surface area contributed by atoms with E-state index in [4.69, 9.17) is 9.90 Å². The Labute approximate surface area is 71.8 Å². The van der Waals surface area contributed by atoms with Crippen LogP contribution in [0.1, 0.15) is 11.1 Å². The molecule has 3 heteroatoms. The summed E-state index contributed by atoms with van der Waals surface area (Å²) in [5.41, 5.74) is 6.70. The number of carbonyl (C=O) groups is 1. The molecule has 1 aromatic rings. The third-order valence-corrected chi connectivity index (χ3v) is 1.17. The van der Waals surface area contributed by atoms with E-state index in [1.54, 1.807) is 0 Å². The summed E-state index contributed by atoms with van der Waals surface area (Å²) in [6.45, 7) is 4.21. The third-order valence-electron chi connectivity index (χ3n) is 1.17. The molecule has 1 amide bonds. The molecule has 66 valence electrons. The fourth-order valence-electron chi connectivity index (χ4n) is 0.807. The summed E-state index contributed by atoms with van der Waals surface area (Å²) in [4.78, 5) is 8.78. The Balaban J connectivity index is 0.000000261. The maximum atomic E-state index is 8.78. The summed E-state index contributed by atoms with van der Waals surface area (Å²) in [5.74, 6) is 0. The first-order valence-electron chi connectivity index (χ1n) is 3.54. The van der Waals surface area contributed by atoms with Crippen LogP contribution in [0.15, 0.2) is 24.3 Å². The van der Waals surface area contributed by atoms with Gasteiger partial charge in [0.1, 0.15) is 0 Å². The summed E-state index contributed by atoms with van der Waals surface area (Å²) in [7, 11) is 0. The first kappa shape index (κ1) is 10.5. The van der Waals surface area contributed by atoms with E-state index < -0.39 is 6.09 Å². The molecule has 0 saturated heterocycles. The Kier molecular flexibility index (Phi) is 4.53. The minimum Gasteiger partial charge on any atom is -0.465 e. The zero-order valence-electron chi connectivity index (χ0n) is 7.24. The summed E-state index contributed by atoms with van der Waals surface area (Å²) < 4.78 is 0. The topological polar surface area (TPSA) is 63.3 Å². The van der Waals surface area contributed by atoms with Gasteiger partial charge in [0.05, 0.1) is 0 Å². The van der Waals surface area contributed by atoms with Crippen LogP contribution in [0.25, 0.3) is 0 Å². The zero-order chi connectivity index (χ0) is 9.56.